The second kappa shape index (κ2) is 7.44. The molecule has 3 aromatic rings. The van der Waals surface area contributed by atoms with Gasteiger partial charge in [-0.1, -0.05) is 19.1 Å². The van der Waals surface area contributed by atoms with Gasteiger partial charge >= 0.3 is 5.97 Å². The van der Waals surface area contributed by atoms with Crippen LogP contribution in [0.4, 0.5) is 0 Å². The third-order valence-corrected chi connectivity index (χ3v) is 5.79. The molecule has 0 radical (unpaired) electrons. The molecule has 2 heterocycles. The minimum atomic E-state index is -0.853. The Morgan fingerprint density at radius 3 is 2.76 bits per heavy atom. The first-order valence-electron chi connectivity index (χ1n) is 9.93. The smallest absolute Gasteiger partial charge is 0.326 e. The standard InChI is InChI=1S/C23H26N2O4/c1-4-23(22(27)28-3)13-18-17-12-16(29-5-2)9-10-19(17)24-21(18)20(25-23)14-7-6-8-15(26)11-14/h6-12,20,24-26H,4-5,13H2,1-3H3. The molecule has 0 amide bonds. The molecule has 1 aromatic heterocycles. The second-order valence-electron chi connectivity index (χ2n) is 7.43. The van der Waals surface area contributed by atoms with Crippen LogP contribution in [0.25, 0.3) is 10.9 Å². The van der Waals surface area contributed by atoms with Crippen LogP contribution in [0.1, 0.15) is 43.1 Å². The zero-order chi connectivity index (χ0) is 20.6. The van der Waals surface area contributed by atoms with E-state index in [4.69, 9.17) is 9.47 Å². The normalized spacial score (nSPS) is 21.0. The topological polar surface area (TPSA) is 83.6 Å². The van der Waals surface area contributed by atoms with Gasteiger partial charge < -0.3 is 19.6 Å². The monoisotopic (exact) mass is 394 g/mol. The van der Waals surface area contributed by atoms with Crippen molar-refractivity contribution in [3.8, 4) is 11.5 Å². The molecule has 2 unspecified atom stereocenters. The molecule has 152 valence electrons. The first-order valence-corrected chi connectivity index (χ1v) is 9.93. The number of hydrogen-bond acceptors (Lipinski definition) is 5. The van der Waals surface area contributed by atoms with Crippen LogP contribution in [0.5, 0.6) is 11.5 Å². The van der Waals surface area contributed by atoms with Gasteiger partial charge in [-0.25, -0.2) is 0 Å². The lowest BCUT2D eigenvalue weighted by Crippen LogP contribution is -2.57. The van der Waals surface area contributed by atoms with E-state index < -0.39 is 5.54 Å². The molecule has 6 heteroatoms. The SMILES string of the molecule is CCOc1ccc2[nH]c3c(c2c1)CC(CC)(C(=O)OC)NC3c1cccc(O)c1. The Balaban J connectivity index is 1.93. The Morgan fingerprint density at radius 2 is 2.07 bits per heavy atom. The number of hydrogen-bond donors (Lipinski definition) is 3. The highest BCUT2D eigenvalue weighted by atomic mass is 16.5. The molecule has 1 aliphatic heterocycles. The molecule has 0 spiro atoms. The van der Waals surface area contributed by atoms with E-state index in [1.807, 2.05) is 44.2 Å². The summed E-state index contributed by atoms with van der Waals surface area (Å²) in [4.78, 5) is 16.4. The highest BCUT2D eigenvalue weighted by molar-refractivity contribution is 5.90. The number of methoxy groups -OCH3 is 1. The van der Waals surface area contributed by atoms with Gasteiger partial charge in [-0.05, 0) is 54.8 Å². The van der Waals surface area contributed by atoms with Crippen molar-refractivity contribution in [1.29, 1.82) is 0 Å². The highest BCUT2D eigenvalue weighted by Crippen LogP contribution is 2.41. The van der Waals surface area contributed by atoms with Gasteiger partial charge in [-0.3, -0.25) is 10.1 Å². The van der Waals surface area contributed by atoms with E-state index >= 15 is 0 Å². The van der Waals surface area contributed by atoms with Crippen LogP contribution >= 0.6 is 0 Å². The van der Waals surface area contributed by atoms with Crippen LogP contribution in [0.15, 0.2) is 42.5 Å². The van der Waals surface area contributed by atoms with E-state index in [0.717, 1.165) is 33.5 Å². The van der Waals surface area contributed by atoms with Gasteiger partial charge in [0.15, 0.2) is 0 Å². The Kier molecular flexibility index (Phi) is 4.96. The lowest BCUT2D eigenvalue weighted by molar-refractivity contribution is -0.149. The summed E-state index contributed by atoms with van der Waals surface area (Å²) in [5, 5.41) is 14.6. The predicted molar refractivity (Wildman–Crippen MR) is 111 cm³/mol. The van der Waals surface area contributed by atoms with Crippen molar-refractivity contribution < 1.29 is 19.4 Å². The fourth-order valence-electron chi connectivity index (χ4n) is 4.29. The number of aromatic amines is 1. The quantitative estimate of drug-likeness (QED) is 0.573. The fourth-order valence-corrected chi connectivity index (χ4v) is 4.29. The highest BCUT2D eigenvalue weighted by Gasteiger charge is 2.46. The molecule has 0 fully saturated rings. The zero-order valence-corrected chi connectivity index (χ0v) is 16.9. The molecule has 1 aliphatic rings. The average molecular weight is 394 g/mol. The van der Waals surface area contributed by atoms with Crippen molar-refractivity contribution in [2.24, 2.45) is 0 Å². The molecule has 0 saturated carbocycles. The van der Waals surface area contributed by atoms with Crippen molar-refractivity contribution in [2.75, 3.05) is 13.7 Å². The van der Waals surface area contributed by atoms with E-state index in [9.17, 15) is 9.90 Å². The summed E-state index contributed by atoms with van der Waals surface area (Å²) in [6.07, 6.45) is 1.09. The van der Waals surface area contributed by atoms with Gasteiger partial charge in [-0.15, -0.1) is 0 Å². The summed E-state index contributed by atoms with van der Waals surface area (Å²) in [5.74, 6) is 0.701. The first-order chi connectivity index (χ1) is 14.0. The van der Waals surface area contributed by atoms with E-state index in [-0.39, 0.29) is 17.8 Å². The van der Waals surface area contributed by atoms with Crippen molar-refractivity contribution in [1.82, 2.24) is 10.3 Å². The third kappa shape index (κ3) is 3.23. The van der Waals surface area contributed by atoms with Gasteiger partial charge in [0.1, 0.15) is 17.0 Å². The van der Waals surface area contributed by atoms with Crippen molar-refractivity contribution in [2.45, 2.75) is 38.3 Å². The van der Waals surface area contributed by atoms with E-state index in [2.05, 4.69) is 10.3 Å². The fraction of sp³-hybridized carbons (Fsp3) is 0.348. The summed E-state index contributed by atoms with van der Waals surface area (Å²) >= 11 is 0. The van der Waals surface area contributed by atoms with Gasteiger partial charge in [-0.2, -0.15) is 0 Å². The van der Waals surface area contributed by atoms with Crippen LogP contribution in [0.2, 0.25) is 0 Å². The van der Waals surface area contributed by atoms with Crippen LogP contribution in [0, 0.1) is 0 Å². The predicted octanol–water partition coefficient (Wildman–Crippen LogP) is 3.83. The van der Waals surface area contributed by atoms with E-state index in [1.54, 1.807) is 12.1 Å². The number of carbonyl (C=O) groups excluding carboxylic acids is 1. The Hall–Kier alpha value is -2.99. The first kappa shape index (κ1) is 19.3. The zero-order valence-electron chi connectivity index (χ0n) is 16.9. The van der Waals surface area contributed by atoms with Gasteiger partial charge in [0, 0.05) is 23.0 Å². The van der Waals surface area contributed by atoms with Crippen LogP contribution in [-0.4, -0.2) is 35.3 Å². The molecule has 2 atom stereocenters. The molecule has 29 heavy (non-hydrogen) atoms. The molecule has 3 N–H and O–H groups in total. The average Bonchev–Trinajstić information content (AvgIpc) is 3.10. The number of ether oxygens (including phenoxy) is 2. The second-order valence-corrected chi connectivity index (χ2v) is 7.43. The summed E-state index contributed by atoms with van der Waals surface area (Å²) < 4.78 is 10.9. The van der Waals surface area contributed by atoms with Crippen LogP contribution in [-0.2, 0) is 16.0 Å². The lowest BCUT2D eigenvalue weighted by Gasteiger charge is -2.39. The summed E-state index contributed by atoms with van der Waals surface area (Å²) in [6, 6.07) is 12.8. The maximum absolute atomic E-state index is 12.8. The Bertz CT molecular complexity index is 1060. The number of rotatable bonds is 5. The van der Waals surface area contributed by atoms with Gasteiger partial charge in [0.25, 0.3) is 0 Å². The lowest BCUT2D eigenvalue weighted by atomic mass is 9.80. The molecule has 4 rings (SSSR count). The number of phenols is 1. The largest absolute Gasteiger partial charge is 0.508 e. The van der Waals surface area contributed by atoms with Crippen molar-refractivity contribution >= 4 is 16.9 Å². The summed E-state index contributed by atoms with van der Waals surface area (Å²) in [7, 11) is 1.42. The number of esters is 1. The van der Waals surface area contributed by atoms with E-state index in [0.29, 0.717) is 19.4 Å². The Morgan fingerprint density at radius 1 is 1.24 bits per heavy atom. The minimum absolute atomic E-state index is 0.186. The number of phenolic OH excluding ortho intramolecular Hbond substituents is 1. The number of benzene rings is 2. The molecular formula is C23H26N2O4. The van der Waals surface area contributed by atoms with Crippen LogP contribution in [0.3, 0.4) is 0 Å². The number of nitrogens with one attached hydrogen (secondary N) is 2. The summed E-state index contributed by atoms with van der Waals surface area (Å²) in [6.45, 7) is 4.53. The maximum Gasteiger partial charge on any atom is 0.326 e. The number of H-pyrrole nitrogens is 1. The molecule has 6 nitrogen and oxygen atoms in total. The molecule has 2 aromatic carbocycles. The van der Waals surface area contributed by atoms with Gasteiger partial charge in [0.2, 0.25) is 0 Å². The number of fused-ring (bicyclic) bond motifs is 3. The minimum Gasteiger partial charge on any atom is -0.508 e. The number of aromatic nitrogens is 1. The van der Waals surface area contributed by atoms with E-state index in [1.165, 1.54) is 7.11 Å². The molecule has 0 aliphatic carbocycles. The van der Waals surface area contributed by atoms with Crippen LogP contribution < -0.4 is 10.1 Å². The number of aromatic hydroxyl groups is 1. The molecule has 0 saturated heterocycles. The maximum atomic E-state index is 12.8. The number of carbonyl (C=O) groups is 1. The Labute approximate surface area is 169 Å². The van der Waals surface area contributed by atoms with Gasteiger partial charge in [0.05, 0.1) is 19.8 Å². The molecular weight excluding hydrogens is 368 g/mol. The summed E-state index contributed by atoms with van der Waals surface area (Å²) in [5.41, 5.74) is 3.08. The third-order valence-electron chi connectivity index (χ3n) is 5.79. The molecule has 0 bridgehead atoms. The van der Waals surface area contributed by atoms with Crippen molar-refractivity contribution in [3.63, 3.8) is 0 Å². The van der Waals surface area contributed by atoms with Crippen molar-refractivity contribution in [3.05, 3.63) is 59.3 Å².